The van der Waals surface area contributed by atoms with Gasteiger partial charge in [-0.1, -0.05) is 91.0 Å². The van der Waals surface area contributed by atoms with E-state index in [0.29, 0.717) is 18.7 Å². The van der Waals surface area contributed by atoms with Crippen molar-refractivity contribution in [2.24, 2.45) is 5.73 Å². The number of benzene rings is 4. The molecule has 0 fully saturated rings. The Labute approximate surface area is 211 Å². The molecule has 1 aliphatic heterocycles. The van der Waals surface area contributed by atoms with E-state index < -0.39 is 5.91 Å². The first-order valence-electron chi connectivity index (χ1n) is 12.2. The predicted molar refractivity (Wildman–Crippen MR) is 143 cm³/mol. The summed E-state index contributed by atoms with van der Waals surface area (Å²) in [5, 5.41) is 3.14. The lowest BCUT2D eigenvalue weighted by Gasteiger charge is -2.38. The molecule has 1 aliphatic rings. The van der Waals surface area contributed by atoms with E-state index in [2.05, 4.69) is 40.5 Å². The lowest BCUT2D eigenvalue weighted by molar-refractivity contribution is -0.122. The van der Waals surface area contributed by atoms with Crippen LogP contribution in [0.1, 0.15) is 33.5 Å². The van der Waals surface area contributed by atoms with Gasteiger partial charge in [0.15, 0.2) is 0 Å². The maximum absolute atomic E-state index is 13.3. The maximum atomic E-state index is 13.3. The fourth-order valence-corrected chi connectivity index (χ4v) is 4.93. The highest BCUT2D eigenvalue weighted by Crippen LogP contribution is 2.33. The Morgan fingerprint density at radius 3 is 2.28 bits per heavy atom. The molecule has 0 saturated heterocycles. The highest BCUT2D eigenvalue weighted by molar-refractivity contribution is 5.99. The number of nitrogens with zero attached hydrogens (tertiary/aromatic N) is 1. The minimum Gasteiger partial charge on any atom is -0.366 e. The largest absolute Gasteiger partial charge is 0.366 e. The van der Waals surface area contributed by atoms with Crippen molar-refractivity contribution in [3.05, 3.63) is 125 Å². The number of nitrogens with one attached hydrogen (secondary N) is 1. The van der Waals surface area contributed by atoms with Crippen molar-refractivity contribution < 1.29 is 9.59 Å². The van der Waals surface area contributed by atoms with Crippen molar-refractivity contribution in [2.75, 3.05) is 4.90 Å². The molecule has 3 N–H and O–H groups in total. The van der Waals surface area contributed by atoms with Crippen molar-refractivity contribution in [3.63, 3.8) is 0 Å². The van der Waals surface area contributed by atoms with Crippen LogP contribution in [0.4, 0.5) is 5.69 Å². The van der Waals surface area contributed by atoms with Gasteiger partial charge in [-0.15, -0.1) is 0 Å². The first kappa shape index (κ1) is 23.4. The molecule has 180 valence electrons. The van der Waals surface area contributed by atoms with Crippen LogP contribution >= 0.6 is 0 Å². The third-order valence-corrected chi connectivity index (χ3v) is 6.79. The summed E-state index contributed by atoms with van der Waals surface area (Å²) in [5.74, 6) is -0.399. The summed E-state index contributed by atoms with van der Waals surface area (Å²) in [7, 11) is 0. The third kappa shape index (κ3) is 5.01. The van der Waals surface area contributed by atoms with Crippen molar-refractivity contribution in [1.29, 1.82) is 0 Å². The smallest absolute Gasteiger partial charge is 0.249 e. The molecule has 0 saturated carbocycles. The number of hydrogen-bond donors (Lipinski definition) is 2. The Morgan fingerprint density at radius 2 is 1.50 bits per heavy atom. The minimum atomic E-state index is -0.441. The Balaban J connectivity index is 1.38. The Kier molecular flexibility index (Phi) is 6.80. The second-order valence-electron chi connectivity index (χ2n) is 9.12. The van der Waals surface area contributed by atoms with E-state index in [1.807, 2.05) is 66.7 Å². The van der Waals surface area contributed by atoms with Gasteiger partial charge in [0.1, 0.15) is 6.04 Å². The lowest BCUT2D eigenvalue weighted by Crippen LogP contribution is -2.49. The van der Waals surface area contributed by atoms with Crippen LogP contribution in [0, 0.1) is 0 Å². The number of carbonyl (C=O) groups is 2. The van der Waals surface area contributed by atoms with Gasteiger partial charge in [0.2, 0.25) is 11.8 Å². The zero-order valence-corrected chi connectivity index (χ0v) is 20.1. The molecule has 0 aromatic heterocycles. The van der Waals surface area contributed by atoms with E-state index >= 15 is 0 Å². The van der Waals surface area contributed by atoms with Crippen molar-refractivity contribution in [3.8, 4) is 11.1 Å². The highest BCUT2D eigenvalue weighted by Gasteiger charge is 2.31. The highest BCUT2D eigenvalue weighted by atomic mass is 16.2. The van der Waals surface area contributed by atoms with Crippen LogP contribution in [0.15, 0.2) is 103 Å². The number of aryl methyl sites for hydroxylation is 1. The van der Waals surface area contributed by atoms with E-state index in [0.717, 1.165) is 40.8 Å². The Bertz CT molecular complexity index is 1370. The van der Waals surface area contributed by atoms with Crippen molar-refractivity contribution >= 4 is 17.5 Å². The Morgan fingerprint density at radius 1 is 0.806 bits per heavy atom. The van der Waals surface area contributed by atoms with E-state index in [1.165, 1.54) is 5.56 Å². The molecule has 5 heteroatoms. The third-order valence-electron chi connectivity index (χ3n) is 6.79. The van der Waals surface area contributed by atoms with Crippen LogP contribution in [-0.2, 0) is 24.3 Å². The number of nitrogens with two attached hydrogens (primary N) is 1. The molecule has 36 heavy (non-hydrogen) atoms. The van der Waals surface area contributed by atoms with E-state index in [-0.39, 0.29) is 11.9 Å². The summed E-state index contributed by atoms with van der Waals surface area (Å²) in [5.41, 5.74) is 12.4. The van der Waals surface area contributed by atoms with Crippen molar-refractivity contribution in [1.82, 2.24) is 5.32 Å². The average molecular weight is 476 g/mol. The summed E-state index contributed by atoms with van der Waals surface area (Å²) >= 11 is 0. The molecule has 1 atom stereocenters. The topological polar surface area (TPSA) is 75.4 Å². The summed E-state index contributed by atoms with van der Waals surface area (Å²) in [6.07, 6.45) is 1.64. The summed E-state index contributed by atoms with van der Waals surface area (Å²) in [4.78, 5) is 27.4. The standard InChI is InChI=1S/C31H29N3O2/c32-30(35)27-12-6-5-11-26(27)24-16-14-23(15-17-24)21-34-28-13-7-4-10-25(28)18-19-29(34)31(36)33-20-22-8-2-1-3-9-22/h1-17,29H,18-21H2,(H2,32,35)(H,33,36). The number of amides is 2. The first-order valence-corrected chi connectivity index (χ1v) is 12.2. The van der Waals surface area contributed by atoms with E-state index in [1.54, 1.807) is 6.07 Å². The molecule has 5 nitrogen and oxygen atoms in total. The number of fused-ring (bicyclic) bond motifs is 1. The number of carbonyl (C=O) groups excluding carboxylic acids is 2. The predicted octanol–water partition coefficient (Wildman–Crippen LogP) is 5.09. The SMILES string of the molecule is NC(=O)c1ccccc1-c1ccc(CN2c3ccccc3CCC2C(=O)NCc2ccccc2)cc1. The van der Waals surface area contributed by atoms with Gasteiger partial charge < -0.3 is 16.0 Å². The van der Waals surface area contributed by atoms with Gasteiger partial charge in [0.05, 0.1) is 0 Å². The quantitative estimate of drug-likeness (QED) is 0.391. The number of primary amides is 1. The summed E-state index contributed by atoms with van der Waals surface area (Å²) in [6, 6.07) is 33.6. The normalized spacial score (nSPS) is 14.7. The van der Waals surface area contributed by atoms with Crippen LogP contribution in [0.3, 0.4) is 0 Å². The van der Waals surface area contributed by atoms with Gasteiger partial charge in [0.25, 0.3) is 0 Å². The van der Waals surface area contributed by atoms with Gasteiger partial charge in [-0.05, 0) is 52.8 Å². The molecule has 0 radical (unpaired) electrons. The van der Waals surface area contributed by atoms with Crippen LogP contribution in [-0.4, -0.2) is 17.9 Å². The maximum Gasteiger partial charge on any atom is 0.249 e. The van der Waals surface area contributed by atoms with Gasteiger partial charge >= 0.3 is 0 Å². The molecule has 4 aromatic carbocycles. The summed E-state index contributed by atoms with van der Waals surface area (Å²) < 4.78 is 0. The molecule has 1 heterocycles. The minimum absolute atomic E-state index is 0.0420. The molecular weight excluding hydrogens is 446 g/mol. The summed E-state index contributed by atoms with van der Waals surface area (Å²) in [6.45, 7) is 1.12. The fraction of sp³-hybridized carbons (Fsp3) is 0.161. The second-order valence-corrected chi connectivity index (χ2v) is 9.12. The fourth-order valence-electron chi connectivity index (χ4n) is 4.93. The monoisotopic (exact) mass is 475 g/mol. The van der Waals surface area contributed by atoms with Crippen LogP contribution in [0.5, 0.6) is 0 Å². The average Bonchev–Trinajstić information content (AvgIpc) is 2.93. The zero-order valence-electron chi connectivity index (χ0n) is 20.1. The van der Waals surface area contributed by atoms with Gasteiger partial charge in [-0.3, -0.25) is 9.59 Å². The molecule has 0 spiro atoms. The molecule has 5 rings (SSSR count). The molecular formula is C31H29N3O2. The number of para-hydroxylation sites is 1. The van der Waals surface area contributed by atoms with E-state index in [9.17, 15) is 9.59 Å². The Hall–Kier alpha value is -4.38. The molecule has 2 amide bonds. The first-order chi connectivity index (χ1) is 17.6. The van der Waals surface area contributed by atoms with Crippen LogP contribution in [0.25, 0.3) is 11.1 Å². The molecule has 0 aliphatic carbocycles. The van der Waals surface area contributed by atoms with E-state index in [4.69, 9.17) is 5.73 Å². The van der Waals surface area contributed by atoms with Crippen molar-refractivity contribution in [2.45, 2.75) is 32.0 Å². The number of rotatable bonds is 7. The molecule has 0 bridgehead atoms. The van der Waals surface area contributed by atoms with Gasteiger partial charge in [-0.2, -0.15) is 0 Å². The number of hydrogen-bond acceptors (Lipinski definition) is 3. The second kappa shape index (κ2) is 10.5. The molecule has 4 aromatic rings. The molecule has 1 unspecified atom stereocenters. The zero-order chi connectivity index (χ0) is 24.9. The lowest BCUT2D eigenvalue weighted by atomic mass is 9.94. The van der Waals surface area contributed by atoms with Gasteiger partial charge in [0, 0.05) is 24.3 Å². The van der Waals surface area contributed by atoms with Crippen LogP contribution < -0.4 is 16.0 Å². The van der Waals surface area contributed by atoms with Crippen LogP contribution in [0.2, 0.25) is 0 Å². The number of anilines is 1. The van der Waals surface area contributed by atoms with Gasteiger partial charge in [-0.25, -0.2) is 0 Å².